The Bertz CT molecular complexity index is 467. The van der Waals surface area contributed by atoms with Crippen LogP contribution in [0.4, 0.5) is 0 Å². The molecule has 0 aliphatic carbocycles. The van der Waals surface area contributed by atoms with Crippen LogP contribution in [-0.2, 0) is 11.2 Å². The Morgan fingerprint density at radius 1 is 1.42 bits per heavy atom. The molecule has 0 bridgehead atoms. The molecule has 1 rings (SSSR count). The van der Waals surface area contributed by atoms with E-state index in [0.717, 1.165) is 11.3 Å². The Kier molecular flexibility index (Phi) is 5.54. The fourth-order valence-corrected chi connectivity index (χ4v) is 2.98. The van der Waals surface area contributed by atoms with E-state index in [1.54, 1.807) is 11.8 Å². The van der Waals surface area contributed by atoms with Crippen LogP contribution in [0.25, 0.3) is 0 Å². The Morgan fingerprint density at radius 3 is 2.47 bits per heavy atom. The van der Waals surface area contributed by atoms with Gasteiger partial charge >= 0.3 is 5.97 Å². The number of thiophene rings is 1. The summed E-state index contributed by atoms with van der Waals surface area (Å²) < 4.78 is 0. The SMILES string of the molecule is CCc1cc(C(=O)N(CC)CC(C)C(=O)O)sc1C. The zero-order valence-corrected chi connectivity index (χ0v) is 12.7. The normalized spacial score (nSPS) is 12.2. The molecule has 5 heteroatoms. The van der Waals surface area contributed by atoms with E-state index in [4.69, 9.17) is 5.11 Å². The van der Waals surface area contributed by atoms with Crippen LogP contribution in [0.5, 0.6) is 0 Å². The summed E-state index contributed by atoms with van der Waals surface area (Å²) >= 11 is 1.49. The second-order valence-electron chi connectivity index (χ2n) is 4.63. The van der Waals surface area contributed by atoms with Gasteiger partial charge in [-0.1, -0.05) is 13.8 Å². The molecule has 0 fully saturated rings. The zero-order chi connectivity index (χ0) is 14.6. The standard InChI is InChI=1S/C14H21NO3S/c1-5-11-7-12(19-10(11)4)13(16)15(6-2)8-9(3)14(17)18/h7,9H,5-6,8H2,1-4H3,(H,17,18). The van der Waals surface area contributed by atoms with Crippen LogP contribution in [0.2, 0.25) is 0 Å². The zero-order valence-electron chi connectivity index (χ0n) is 11.9. The van der Waals surface area contributed by atoms with Gasteiger partial charge in [0.2, 0.25) is 0 Å². The maximum absolute atomic E-state index is 12.4. The van der Waals surface area contributed by atoms with Gasteiger partial charge in [0.05, 0.1) is 10.8 Å². The lowest BCUT2D eigenvalue weighted by atomic mass is 10.1. The van der Waals surface area contributed by atoms with Gasteiger partial charge in [0.1, 0.15) is 0 Å². The lowest BCUT2D eigenvalue weighted by molar-refractivity contribution is -0.141. The quantitative estimate of drug-likeness (QED) is 0.873. The maximum atomic E-state index is 12.4. The van der Waals surface area contributed by atoms with Gasteiger partial charge in [-0.2, -0.15) is 0 Å². The van der Waals surface area contributed by atoms with E-state index < -0.39 is 11.9 Å². The van der Waals surface area contributed by atoms with E-state index in [9.17, 15) is 9.59 Å². The van der Waals surface area contributed by atoms with Crippen molar-refractivity contribution in [2.75, 3.05) is 13.1 Å². The molecule has 0 saturated heterocycles. The summed E-state index contributed by atoms with van der Waals surface area (Å²) in [5.74, 6) is -1.48. The number of aryl methyl sites for hydroxylation is 2. The Morgan fingerprint density at radius 2 is 2.05 bits per heavy atom. The van der Waals surface area contributed by atoms with E-state index >= 15 is 0 Å². The summed E-state index contributed by atoms with van der Waals surface area (Å²) in [6.45, 7) is 8.34. The van der Waals surface area contributed by atoms with Crippen molar-refractivity contribution < 1.29 is 14.7 Å². The molecule has 1 amide bonds. The second-order valence-corrected chi connectivity index (χ2v) is 5.89. The summed E-state index contributed by atoms with van der Waals surface area (Å²) in [5, 5.41) is 8.93. The van der Waals surface area contributed by atoms with Crippen LogP contribution in [0.15, 0.2) is 6.07 Å². The second kappa shape index (κ2) is 6.70. The molecule has 19 heavy (non-hydrogen) atoms. The van der Waals surface area contributed by atoms with Gasteiger partial charge < -0.3 is 10.0 Å². The predicted molar refractivity (Wildman–Crippen MR) is 76.8 cm³/mol. The van der Waals surface area contributed by atoms with Crippen LogP contribution in [-0.4, -0.2) is 35.0 Å². The molecule has 1 aromatic rings. The fraction of sp³-hybridized carbons (Fsp3) is 0.571. The summed E-state index contributed by atoms with van der Waals surface area (Å²) in [4.78, 5) is 26.7. The number of aliphatic carboxylic acids is 1. The maximum Gasteiger partial charge on any atom is 0.308 e. The third kappa shape index (κ3) is 3.80. The van der Waals surface area contributed by atoms with Gasteiger partial charge in [0.25, 0.3) is 5.91 Å². The molecule has 1 atom stereocenters. The largest absolute Gasteiger partial charge is 0.481 e. The highest BCUT2D eigenvalue weighted by atomic mass is 32.1. The van der Waals surface area contributed by atoms with Crippen LogP contribution in [0.3, 0.4) is 0 Å². The van der Waals surface area contributed by atoms with Gasteiger partial charge in [-0.15, -0.1) is 11.3 Å². The van der Waals surface area contributed by atoms with E-state index in [-0.39, 0.29) is 12.5 Å². The van der Waals surface area contributed by atoms with E-state index in [0.29, 0.717) is 11.4 Å². The molecule has 0 aliphatic heterocycles. The molecule has 4 nitrogen and oxygen atoms in total. The van der Waals surface area contributed by atoms with Gasteiger partial charge in [-0.05, 0) is 31.9 Å². The van der Waals surface area contributed by atoms with Crippen LogP contribution in [0, 0.1) is 12.8 Å². The molecule has 0 saturated carbocycles. The fourth-order valence-electron chi connectivity index (χ4n) is 1.90. The number of carboxylic acid groups (broad SMARTS) is 1. The van der Waals surface area contributed by atoms with E-state index in [1.807, 2.05) is 19.9 Å². The number of carbonyl (C=O) groups excluding carboxylic acids is 1. The molecular weight excluding hydrogens is 262 g/mol. The van der Waals surface area contributed by atoms with Crippen molar-refractivity contribution in [1.82, 2.24) is 4.90 Å². The van der Waals surface area contributed by atoms with Gasteiger partial charge in [0.15, 0.2) is 0 Å². The number of amides is 1. The van der Waals surface area contributed by atoms with Crippen LogP contribution >= 0.6 is 11.3 Å². The Balaban J connectivity index is 2.85. The summed E-state index contributed by atoms with van der Waals surface area (Å²) in [6.07, 6.45) is 0.910. The van der Waals surface area contributed by atoms with Crippen LogP contribution < -0.4 is 0 Å². The first-order valence-electron chi connectivity index (χ1n) is 6.52. The van der Waals surface area contributed by atoms with Crippen molar-refractivity contribution in [2.24, 2.45) is 5.92 Å². The van der Waals surface area contributed by atoms with E-state index in [2.05, 4.69) is 6.92 Å². The number of hydrogen-bond acceptors (Lipinski definition) is 3. The van der Waals surface area contributed by atoms with Crippen molar-refractivity contribution in [3.8, 4) is 0 Å². The van der Waals surface area contributed by atoms with Crippen molar-refractivity contribution in [2.45, 2.75) is 34.1 Å². The molecule has 0 spiro atoms. The predicted octanol–water partition coefficient (Wildman–Crippen LogP) is 2.80. The lowest BCUT2D eigenvalue weighted by Gasteiger charge is -2.22. The number of nitrogens with zero attached hydrogens (tertiary/aromatic N) is 1. The van der Waals surface area contributed by atoms with Crippen molar-refractivity contribution in [3.05, 3.63) is 21.4 Å². The number of carboxylic acids is 1. The minimum atomic E-state index is -0.872. The molecule has 1 unspecified atom stereocenters. The molecule has 1 N–H and O–H groups in total. The lowest BCUT2D eigenvalue weighted by Crippen LogP contribution is -2.36. The number of hydrogen-bond donors (Lipinski definition) is 1. The van der Waals surface area contributed by atoms with Gasteiger partial charge in [0, 0.05) is 18.0 Å². The highest BCUT2D eigenvalue weighted by Gasteiger charge is 2.22. The Hall–Kier alpha value is -1.36. The average Bonchev–Trinajstić information content (AvgIpc) is 2.75. The van der Waals surface area contributed by atoms with Gasteiger partial charge in [-0.25, -0.2) is 0 Å². The highest BCUT2D eigenvalue weighted by Crippen LogP contribution is 2.23. The molecule has 0 radical (unpaired) electrons. The average molecular weight is 283 g/mol. The first-order valence-corrected chi connectivity index (χ1v) is 7.33. The van der Waals surface area contributed by atoms with Crippen molar-refractivity contribution in [3.63, 3.8) is 0 Å². The number of rotatable bonds is 6. The smallest absolute Gasteiger partial charge is 0.308 e. The molecule has 0 aliphatic rings. The highest BCUT2D eigenvalue weighted by molar-refractivity contribution is 7.14. The summed E-state index contributed by atoms with van der Waals surface area (Å²) in [7, 11) is 0. The monoisotopic (exact) mass is 283 g/mol. The molecular formula is C14H21NO3S. The first-order chi connectivity index (χ1) is 8.90. The molecule has 0 aromatic carbocycles. The van der Waals surface area contributed by atoms with Crippen LogP contribution in [0.1, 0.15) is 40.9 Å². The van der Waals surface area contributed by atoms with E-state index in [1.165, 1.54) is 16.9 Å². The Labute approximate surface area is 118 Å². The third-order valence-electron chi connectivity index (χ3n) is 3.20. The topological polar surface area (TPSA) is 57.6 Å². The van der Waals surface area contributed by atoms with Crippen molar-refractivity contribution >= 4 is 23.2 Å². The molecule has 1 aromatic heterocycles. The molecule has 106 valence electrons. The number of carbonyl (C=O) groups is 2. The van der Waals surface area contributed by atoms with Crippen molar-refractivity contribution in [1.29, 1.82) is 0 Å². The van der Waals surface area contributed by atoms with Gasteiger partial charge in [-0.3, -0.25) is 9.59 Å². The third-order valence-corrected chi connectivity index (χ3v) is 4.28. The summed E-state index contributed by atoms with van der Waals surface area (Å²) in [5.41, 5.74) is 1.19. The first kappa shape index (κ1) is 15.7. The minimum absolute atomic E-state index is 0.0663. The summed E-state index contributed by atoms with van der Waals surface area (Å²) in [6, 6.07) is 1.93. The minimum Gasteiger partial charge on any atom is -0.481 e. The molecule has 1 heterocycles.